The van der Waals surface area contributed by atoms with Gasteiger partial charge in [0, 0.05) is 0 Å². The average Bonchev–Trinajstić information content (AvgIpc) is 2.56. The molecule has 130 valence electrons. The topological polar surface area (TPSA) is 59.0 Å². The average molecular weight is 325 g/mol. The van der Waals surface area contributed by atoms with E-state index < -0.39 is 0 Å². The molecule has 1 aliphatic heterocycles. The molecule has 0 spiro atoms. The maximum absolute atomic E-state index is 5.76. The fourth-order valence-electron chi connectivity index (χ4n) is 2.08. The summed E-state index contributed by atoms with van der Waals surface area (Å²) in [6.07, 6.45) is 0.0258. The van der Waals surface area contributed by atoms with E-state index in [0.29, 0.717) is 52.9 Å². The van der Waals surface area contributed by atoms with E-state index in [1.807, 2.05) is 32.0 Å². The lowest BCUT2D eigenvalue weighted by atomic mass is 10.3. The van der Waals surface area contributed by atoms with Gasteiger partial charge in [0.15, 0.2) is 0 Å². The molecule has 2 bridgehead atoms. The Morgan fingerprint density at radius 1 is 0.783 bits per heavy atom. The van der Waals surface area contributed by atoms with E-state index in [9.17, 15) is 0 Å². The van der Waals surface area contributed by atoms with Crippen molar-refractivity contribution in [3.8, 4) is 0 Å². The fraction of sp³-hybridized carbons (Fsp3) is 0.706. The lowest BCUT2D eigenvalue weighted by molar-refractivity contribution is -0.0480. The van der Waals surface area contributed by atoms with Crippen molar-refractivity contribution in [3.63, 3.8) is 0 Å². The van der Waals surface area contributed by atoms with Crippen LogP contribution in [-0.2, 0) is 36.9 Å². The molecule has 6 heteroatoms. The molecular formula is C17H27NO5. The molecule has 2 rings (SSSR count). The second kappa shape index (κ2) is 10.7. The maximum Gasteiger partial charge on any atom is 0.0892 e. The zero-order valence-corrected chi connectivity index (χ0v) is 14.0. The van der Waals surface area contributed by atoms with Crippen LogP contribution < -0.4 is 0 Å². The highest BCUT2D eigenvalue weighted by atomic mass is 16.6. The van der Waals surface area contributed by atoms with Crippen molar-refractivity contribution in [1.29, 1.82) is 0 Å². The van der Waals surface area contributed by atoms with Gasteiger partial charge in [0.25, 0.3) is 0 Å². The van der Waals surface area contributed by atoms with Gasteiger partial charge in [-0.2, -0.15) is 0 Å². The minimum Gasteiger partial charge on any atom is -0.377 e. The van der Waals surface area contributed by atoms with Gasteiger partial charge in [-0.05, 0) is 26.0 Å². The molecule has 0 amide bonds. The molecule has 0 unspecified atom stereocenters. The lowest BCUT2D eigenvalue weighted by Gasteiger charge is -2.16. The normalized spacial score (nSPS) is 26.2. The number of hydrogen-bond donors (Lipinski definition) is 0. The summed E-state index contributed by atoms with van der Waals surface area (Å²) >= 11 is 0. The van der Waals surface area contributed by atoms with Crippen molar-refractivity contribution in [2.24, 2.45) is 0 Å². The molecule has 0 N–H and O–H groups in total. The van der Waals surface area contributed by atoms with Gasteiger partial charge >= 0.3 is 0 Å². The molecule has 0 saturated heterocycles. The Labute approximate surface area is 138 Å². The van der Waals surface area contributed by atoms with E-state index in [2.05, 4.69) is 4.98 Å². The molecule has 2 heterocycles. The van der Waals surface area contributed by atoms with Gasteiger partial charge in [-0.15, -0.1) is 0 Å². The SMILES string of the molecule is C[C@H]1COCCOCCOC[C@H](C)OCc2cccc(n2)CO1. The van der Waals surface area contributed by atoms with Crippen LogP contribution in [0.25, 0.3) is 0 Å². The molecule has 0 fully saturated rings. The lowest BCUT2D eigenvalue weighted by Crippen LogP contribution is -2.20. The predicted molar refractivity (Wildman–Crippen MR) is 85.2 cm³/mol. The quantitative estimate of drug-likeness (QED) is 0.727. The Kier molecular flexibility index (Phi) is 8.49. The van der Waals surface area contributed by atoms with Gasteiger partial charge in [0.2, 0.25) is 0 Å². The van der Waals surface area contributed by atoms with Crippen molar-refractivity contribution >= 4 is 0 Å². The minimum absolute atomic E-state index is 0.0129. The first-order valence-corrected chi connectivity index (χ1v) is 8.15. The highest BCUT2D eigenvalue weighted by Crippen LogP contribution is 2.06. The second-order valence-corrected chi connectivity index (χ2v) is 5.63. The van der Waals surface area contributed by atoms with E-state index in [1.165, 1.54) is 0 Å². The first-order chi connectivity index (χ1) is 11.2. The summed E-state index contributed by atoms with van der Waals surface area (Å²) < 4.78 is 28.0. The Balaban J connectivity index is 1.89. The summed E-state index contributed by atoms with van der Waals surface area (Å²) in [4.78, 5) is 4.55. The molecule has 1 aromatic heterocycles. The number of hydrogen-bond acceptors (Lipinski definition) is 6. The second-order valence-electron chi connectivity index (χ2n) is 5.63. The third-order valence-corrected chi connectivity index (χ3v) is 3.35. The van der Waals surface area contributed by atoms with Crippen LogP contribution in [0.15, 0.2) is 18.2 Å². The van der Waals surface area contributed by atoms with Crippen LogP contribution in [0.2, 0.25) is 0 Å². The number of nitrogens with zero attached hydrogens (tertiary/aromatic N) is 1. The van der Waals surface area contributed by atoms with Gasteiger partial charge in [0.05, 0.1) is 76.5 Å². The van der Waals surface area contributed by atoms with Crippen molar-refractivity contribution in [2.45, 2.75) is 39.3 Å². The first-order valence-electron chi connectivity index (χ1n) is 8.15. The fourth-order valence-corrected chi connectivity index (χ4v) is 2.08. The van der Waals surface area contributed by atoms with E-state index >= 15 is 0 Å². The highest BCUT2D eigenvalue weighted by molar-refractivity contribution is 5.10. The predicted octanol–water partition coefficient (Wildman–Crippen LogP) is 1.96. The van der Waals surface area contributed by atoms with Crippen LogP contribution in [-0.4, -0.2) is 56.8 Å². The Morgan fingerprint density at radius 2 is 1.26 bits per heavy atom. The summed E-state index contributed by atoms with van der Waals surface area (Å²) in [5, 5.41) is 0. The Bertz CT molecular complexity index is 407. The summed E-state index contributed by atoms with van der Waals surface area (Å²) in [6, 6.07) is 5.88. The van der Waals surface area contributed by atoms with Crippen molar-refractivity contribution in [1.82, 2.24) is 4.98 Å². The minimum atomic E-state index is 0.0129. The highest BCUT2D eigenvalue weighted by Gasteiger charge is 2.07. The van der Waals surface area contributed by atoms with E-state index in [-0.39, 0.29) is 12.2 Å². The molecule has 1 aromatic rings. The Hall–Kier alpha value is -1.05. The van der Waals surface area contributed by atoms with Gasteiger partial charge in [-0.1, -0.05) is 6.07 Å². The third kappa shape index (κ3) is 7.85. The van der Waals surface area contributed by atoms with E-state index in [1.54, 1.807) is 0 Å². The van der Waals surface area contributed by atoms with Gasteiger partial charge < -0.3 is 23.7 Å². The number of rotatable bonds is 0. The Morgan fingerprint density at radius 3 is 1.78 bits per heavy atom. The number of ether oxygens (including phenoxy) is 5. The number of pyridine rings is 1. The number of fused-ring (bicyclic) bond motifs is 2. The van der Waals surface area contributed by atoms with Crippen LogP contribution >= 0.6 is 0 Å². The standard InChI is InChI=1S/C17H27NO5/c1-14-10-20-8-6-19-7-9-21-11-15(2)23-13-17-5-3-4-16(18-17)12-22-14/h3-5,14-15H,6-13H2,1-2H3/t14-,15-/m0/s1. The largest absolute Gasteiger partial charge is 0.377 e. The molecule has 2 atom stereocenters. The van der Waals surface area contributed by atoms with Gasteiger partial charge in [-0.3, -0.25) is 4.98 Å². The smallest absolute Gasteiger partial charge is 0.0892 e. The zero-order valence-electron chi connectivity index (χ0n) is 14.0. The third-order valence-electron chi connectivity index (χ3n) is 3.35. The molecule has 23 heavy (non-hydrogen) atoms. The van der Waals surface area contributed by atoms with Crippen LogP contribution in [0.5, 0.6) is 0 Å². The van der Waals surface area contributed by atoms with Crippen LogP contribution in [0.1, 0.15) is 25.2 Å². The molecule has 6 nitrogen and oxygen atoms in total. The summed E-state index contributed by atoms with van der Waals surface area (Å²) in [7, 11) is 0. The summed E-state index contributed by atoms with van der Waals surface area (Å²) in [6.45, 7) is 8.23. The molecule has 0 aromatic carbocycles. The molecule has 0 saturated carbocycles. The molecule has 0 radical (unpaired) electrons. The first kappa shape index (κ1) is 18.3. The van der Waals surface area contributed by atoms with E-state index in [0.717, 1.165) is 11.4 Å². The molecular weight excluding hydrogens is 298 g/mol. The van der Waals surface area contributed by atoms with Crippen molar-refractivity contribution in [3.05, 3.63) is 29.6 Å². The van der Waals surface area contributed by atoms with E-state index in [4.69, 9.17) is 23.7 Å². The van der Waals surface area contributed by atoms with Crippen LogP contribution in [0.3, 0.4) is 0 Å². The monoisotopic (exact) mass is 325 g/mol. The number of aromatic nitrogens is 1. The maximum atomic E-state index is 5.76. The summed E-state index contributed by atoms with van der Waals surface area (Å²) in [5.41, 5.74) is 1.79. The van der Waals surface area contributed by atoms with Crippen LogP contribution in [0.4, 0.5) is 0 Å². The molecule has 1 aliphatic rings. The summed E-state index contributed by atoms with van der Waals surface area (Å²) in [5.74, 6) is 0. The van der Waals surface area contributed by atoms with Gasteiger partial charge in [0.1, 0.15) is 0 Å². The van der Waals surface area contributed by atoms with Crippen LogP contribution in [0, 0.1) is 0 Å². The van der Waals surface area contributed by atoms with Gasteiger partial charge in [-0.25, -0.2) is 0 Å². The van der Waals surface area contributed by atoms with Crippen molar-refractivity contribution < 1.29 is 23.7 Å². The van der Waals surface area contributed by atoms with Crippen molar-refractivity contribution in [2.75, 3.05) is 39.6 Å². The zero-order chi connectivity index (χ0) is 16.3. The molecule has 0 aliphatic carbocycles.